The number of nitrogens with zero attached hydrogens (tertiary/aromatic N) is 1. The van der Waals surface area contributed by atoms with Gasteiger partial charge in [0, 0.05) is 25.5 Å². The fourth-order valence-corrected chi connectivity index (χ4v) is 2.01. The third-order valence-electron chi connectivity index (χ3n) is 2.93. The molecule has 1 aliphatic heterocycles. The van der Waals surface area contributed by atoms with E-state index in [2.05, 4.69) is 10.3 Å². The van der Waals surface area contributed by atoms with Crippen molar-refractivity contribution in [2.75, 3.05) is 13.2 Å². The fourth-order valence-electron chi connectivity index (χ4n) is 2.01. The van der Waals surface area contributed by atoms with Gasteiger partial charge in [0.05, 0.1) is 12.6 Å². The first-order valence-corrected chi connectivity index (χ1v) is 5.61. The van der Waals surface area contributed by atoms with E-state index >= 15 is 0 Å². The van der Waals surface area contributed by atoms with Crippen LogP contribution in [0.25, 0.3) is 0 Å². The molecule has 1 atom stereocenters. The molecule has 100 valence electrons. The van der Waals surface area contributed by atoms with Gasteiger partial charge in [0.1, 0.15) is 0 Å². The molecule has 0 aromatic carbocycles. The van der Waals surface area contributed by atoms with E-state index in [4.69, 9.17) is 10.5 Å². The molecule has 0 amide bonds. The normalized spacial score (nSPS) is 28.4. The van der Waals surface area contributed by atoms with Gasteiger partial charge in [0.2, 0.25) is 0 Å². The summed E-state index contributed by atoms with van der Waals surface area (Å²) in [6.45, 7) is 1.30. The maximum Gasteiger partial charge on any atom is 0.252 e. The summed E-state index contributed by atoms with van der Waals surface area (Å²) >= 11 is 0. The first-order chi connectivity index (χ1) is 7.55. The van der Waals surface area contributed by atoms with E-state index in [1.165, 1.54) is 0 Å². The van der Waals surface area contributed by atoms with Crippen LogP contribution in [0.2, 0.25) is 0 Å². The number of ether oxygens (including phenoxy) is 1. The highest BCUT2D eigenvalue weighted by Gasteiger charge is 2.45. The van der Waals surface area contributed by atoms with E-state index in [1.807, 2.05) is 0 Å². The highest BCUT2D eigenvalue weighted by atomic mass is 127. The molecule has 0 aromatic heterocycles. The van der Waals surface area contributed by atoms with Crippen LogP contribution >= 0.6 is 24.0 Å². The van der Waals surface area contributed by atoms with Crippen LogP contribution in [0, 0.1) is 0 Å². The highest BCUT2D eigenvalue weighted by Crippen LogP contribution is 2.37. The lowest BCUT2D eigenvalue weighted by molar-refractivity contribution is -0.0886. The second-order valence-corrected chi connectivity index (χ2v) is 4.47. The van der Waals surface area contributed by atoms with Gasteiger partial charge in [-0.15, -0.1) is 24.0 Å². The Labute approximate surface area is 116 Å². The van der Waals surface area contributed by atoms with Crippen molar-refractivity contribution < 1.29 is 13.5 Å². The molecule has 4 nitrogen and oxygen atoms in total. The number of alkyl halides is 2. The standard InChI is InChI=1S/C10H17F2N3O.HI/c11-10(12)4-7(5-10)15-9(13)14-6-8-2-1-3-16-8;/h7-8H,1-6H2,(H3,13,14,15);1H. The van der Waals surface area contributed by atoms with Gasteiger partial charge >= 0.3 is 0 Å². The summed E-state index contributed by atoms with van der Waals surface area (Å²) in [5.74, 6) is -2.28. The Morgan fingerprint density at radius 2 is 2.18 bits per heavy atom. The Kier molecular flexibility index (Phi) is 5.36. The quantitative estimate of drug-likeness (QED) is 0.455. The highest BCUT2D eigenvalue weighted by molar-refractivity contribution is 14.0. The summed E-state index contributed by atoms with van der Waals surface area (Å²) in [5, 5.41) is 2.79. The molecule has 0 spiro atoms. The SMILES string of the molecule is I.NC(=NCC1CCCO1)NC1CC(F)(F)C1. The van der Waals surface area contributed by atoms with Crippen LogP contribution in [0.4, 0.5) is 8.78 Å². The number of rotatable bonds is 3. The van der Waals surface area contributed by atoms with Crippen molar-refractivity contribution >= 4 is 29.9 Å². The second-order valence-electron chi connectivity index (χ2n) is 4.47. The summed E-state index contributed by atoms with van der Waals surface area (Å²) in [6, 6.07) is -0.233. The molecule has 0 radical (unpaired) electrons. The third-order valence-corrected chi connectivity index (χ3v) is 2.93. The Bertz CT molecular complexity index is 275. The summed E-state index contributed by atoms with van der Waals surface area (Å²) in [4.78, 5) is 4.09. The summed E-state index contributed by atoms with van der Waals surface area (Å²) in [5.41, 5.74) is 5.59. The van der Waals surface area contributed by atoms with Crippen LogP contribution in [0.1, 0.15) is 25.7 Å². The molecule has 3 N–H and O–H groups in total. The molecule has 2 rings (SSSR count). The third kappa shape index (κ3) is 4.53. The number of hydrogen-bond acceptors (Lipinski definition) is 2. The minimum absolute atomic E-state index is 0. The number of halogens is 3. The fraction of sp³-hybridized carbons (Fsp3) is 0.900. The van der Waals surface area contributed by atoms with Gasteiger partial charge in [-0.25, -0.2) is 8.78 Å². The van der Waals surface area contributed by atoms with Crippen LogP contribution in [-0.4, -0.2) is 37.2 Å². The Morgan fingerprint density at radius 3 is 2.71 bits per heavy atom. The molecular weight excluding hydrogens is 343 g/mol. The zero-order valence-corrected chi connectivity index (χ0v) is 11.8. The van der Waals surface area contributed by atoms with Gasteiger partial charge in [-0.05, 0) is 12.8 Å². The largest absolute Gasteiger partial charge is 0.376 e. The second kappa shape index (κ2) is 6.12. The Balaban J connectivity index is 0.00000144. The average molecular weight is 361 g/mol. The number of aliphatic imine (C=N–C) groups is 1. The van der Waals surface area contributed by atoms with Crippen molar-refractivity contribution in [3.05, 3.63) is 0 Å². The van der Waals surface area contributed by atoms with Crippen LogP contribution < -0.4 is 11.1 Å². The van der Waals surface area contributed by atoms with Gasteiger partial charge in [0.25, 0.3) is 5.92 Å². The molecule has 1 heterocycles. The van der Waals surface area contributed by atoms with Crippen molar-refractivity contribution in [2.45, 2.75) is 43.8 Å². The van der Waals surface area contributed by atoms with Crippen molar-refractivity contribution in [3.8, 4) is 0 Å². The smallest absolute Gasteiger partial charge is 0.252 e. The van der Waals surface area contributed by atoms with Crippen LogP contribution in [-0.2, 0) is 4.74 Å². The van der Waals surface area contributed by atoms with E-state index in [-0.39, 0.29) is 54.9 Å². The summed E-state index contributed by atoms with van der Waals surface area (Å²) < 4.78 is 30.4. The number of guanidine groups is 1. The number of hydrogen-bond donors (Lipinski definition) is 2. The molecule has 2 aliphatic rings. The predicted molar refractivity (Wildman–Crippen MR) is 72.0 cm³/mol. The lowest BCUT2D eigenvalue weighted by Gasteiger charge is -2.35. The molecule has 1 unspecified atom stereocenters. The lowest BCUT2D eigenvalue weighted by Crippen LogP contribution is -2.52. The monoisotopic (exact) mass is 361 g/mol. The first-order valence-electron chi connectivity index (χ1n) is 5.61. The maximum absolute atomic E-state index is 12.5. The summed E-state index contributed by atoms with van der Waals surface area (Å²) in [7, 11) is 0. The molecule has 1 saturated heterocycles. The summed E-state index contributed by atoms with van der Waals surface area (Å²) in [6.07, 6.45) is 1.90. The first kappa shape index (κ1) is 14.9. The number of nitrogens with two attached hydrogens (primary N) is 1. The average Bonchev–Trinajstić information content (AvgIpc) is 2.64. The van der Waals surface area contributed by atoms with Gasteiger partial charge in [-0.2, -0.15) is 0 Å². The number of nitrogens with one attached hydrogen (secondary N) is 1. The van der Waals surface area contributed by atoms with E-state index in [0.717, 1.165) is 19.4 Å². The predicted octanol–water partition coefficient (Wildman–Crippen LogP) is 1.49. The molecule has 0 bridgehead atoms. The topological polar surface area (TPSA) is 59.6 Å². The van der Waals surface area contributed by atoms with Crippen LogP contribution in [0.15, 0.2) is 4.99 Å². The van der Waals surface area contributed by atoms with E-state index < -0.39 is 5.92 Å². The Morgan fingerprint density at radius 1 is 1.47 bits per heavy atom. The van der Waals surface area contributed by atoms with Gasteiger partial charge in [-0.3, -0.25) is 4.99 Å². The zero-order valence-electron chi connectivity index (χ0n) is 9.49. The lowest BCUT2D eigenvalue weighted by atomic mass is 9.88. The molecule has 17 heavy (non-hydrogen) atoms. The minimum Gasteiger partial charge on any atom is -0.376 e. The zero-order chi connectivity index (χ0) is 11.6. The molecule has 1 aliphatic carbocycles. The van der Waals surface area contributed by atoms with Gasteiger partial charge in [-0.1, -0.05) is 0 Å². The Hall–Kier alpha value is -0.180. The van der Waals surface area contributed by atoms with E-state index in [0.29, 0.717) is 6.54 Å². The van der Waals surface area contributed by atoms with Gasteiger partial charge in [0.15, 0.2) is 5.96 Å². The molecule has 2 fully saturated rings. The van der Waals surface area contributed by atoms with E-state index in [1.54, 1.807) is 0 Å². The van der Waals surface area contributed by atoms with Crippen LogP contribution in [0.5, 0.6) is 0 Å². The van der Waals surface area contributed by atoms with Crippen molar-refractivity contribution in [1.82, 2.24) is 5.32 Å². The molecule has 1 saturated carbocycles. The van der Waals surface area contributed by atoms with E-state index in [9.17, 15) is 8.78 Å². The van der Waals surface area contributed by atoms with Crippen molar-refractivity contribution in [2.24, 2.45) is 10.7 Å². The minimum atomic E-state index is -2.52. The molecule has 0 aromatic rings. The maximum atomic E-state index is 12.5. The van der Waals surface area contributed by atoms with Gasteiger partial charge < -0.3 is 15.8 Å². The molecule has 7 heteroatoms. The van der Waals surface area contributed by atoms with Crippen molar-refractivity contribution in [3.63, 3.8) is 0 Å². The van der Waals surface area contributed by atoms with Crippen LogP contribution in [0.3, 0.4) is 0 Å². The van der Waals surface area contributed by atoms with Crippen molar-refractivity contribution in [1.29, 1.82) is 0 Å². The molecular formula is C10H18F2IN3O.